The first kappa shape index (κ1) is 21.1. The first-order valence-electron chi connectivity index (χ1n) is 8.35. The third-order valence-corrected chi connectivity index (χ3v) is 5.34. The van der Waals surface area contributed by atoms with Crippen LogP contribution >= 0.6 is 0 Å². The van der Waals surface area contributed by atoms with Crippen LogP contribution in [0, 0.1) is 25.2 Å². The summed E-state index contributed by atoms with van der Waals surface area (Å²) in [4.78, 5) is 26.8. The van der Waals surface area contributed by atoms with Crippen LogP contribution in [0.5, 0.6) is 0 Å². The quantitative estimate of drug-likeness (QED) is 0.599. The highest BCUT2D eigenvalue weighted by Crippen LogP contribution is 2.24. The average molecular weight is 404 g/mol. The van der Waals surface area contributed by atoms with Crippen molar-refractivity contribution in [2.24, 2.45) is 0 Å². The van der Waals surface area contributed by atoms with Gasteiger partial charge in [0.15, 0.2) is 0 Å². The number of hydrogen-bond acceptors (Lipinski definition) is 6. The molecule has 0 atom stereocenters. The molecule has 0 aliphatic carbocycles. The lowest BCUT2D eigenvalue weighted by Gasteiger charge is -2.10. The van der Waals surface area contributed by atoms with Crippen molar-refractivity contribution in [3.8, 4) is 6.07 Å². The molecule has 0 saturated heterocycles. The number of nitrogens with one attached hydrogen (secondary N) is 3. The minimum atomic E-state index is -4.16. The molecule has 0 saturated carbocycles. The van der Waals surface area contributed by atoms with Crippen molar-refractivity contribution in [2.75, 3.05) is 18.5 Å². The van der Waals surface area contributed by atoms with Gasteiger partial charge in [-0.15, -0.1) is 0 Å². The van der Waals surface area contributed by atoms with Crippen LogP contribution in [0.3, 0.4) is 0 Å². The van der Waals surface area contributed by atoms with Crippen molar-refractivity contribution < 1.29 is 22.7 Å². The molecule has 9 nitrogen and oxygen atoms in total. The number of carbonyl (C=O) groups is 2. The Hall–Kier alpha value is -3.16. The minimum absolute atomic E-state index is 0.0889. The largest absolute Gasteiger partial charge is 0.462 e. The molecule has 2 aromatic rings. The number of carbonyl (C=O) groups excluding carboxylic acids is 2. The van der Waals surface area contributed by atoms with Crippen molar-refractivity contribution in [1.29, 1.82) is 5.26 Å². The van der Waals surface area contributed by atoms with Gasteiger partial charge in [0.25, 0.3) is 0 Å². The summed E-state index contributed by atoms with van der Waals surface area (Å²) in [5.74, 6) is -1.39. The third-order valence-electron chi connectivity index (χ3n) is 3.76. The monoisotopic (exact) mass is 404 g/mol. The summed E-state index contributed by atoms with van der Waals surface area (Å²) in [6.45, 7) is 4.24. The molecule has 0 unspecified atom stereocenters. The number of rotatable bonds is 7. The van der Waals surface area contributed by atoms with E-state index >= 15 is 0 Å². The van der Waals surface area contributed by atoms with Crippen LogP contribution in [-0.2, 0) is 19.6 Å². The molecule has 1 aromatic heterocycles. The Kier molecular flexibility index (Phi) is 6.56. The van der Waals surface area contributed by atoms with E-state index in [-0.39, 0.29) is 22.8 Å². The second kappa shape index (κ2) is 8.69. The van der Waals surface area contributed by atoms with Crippen molar-refractivity contribution >= 4 is 27.6 Å². The number of aromatic nitrogens is 1. The number of amides is 1. The second-order valence-electron chi connectivity index (χ2n) is 5.86. The van der Waals surface area contributed by atoms with Crippen LogP contribution < -0.4 is 10.0 Å². The number of benzene rings is 1. The number of aromatic amines is 1. The van der Waals surface area contributed by atoms with Crippen molar-refractivity contribution in [1.82, 2.24) is 9.71 Å². The number of esters is 1. The molecule has 0 aliphatic heterocycles. The van der Waals surface area contributed by atoms with E-state index in [4.69, 9.17) is 10.00 Å². The Morgan fingerprint density at radius 1 is 1.25 bits per heavy atom. The molecular formula is C18H20N4O5S. The van der Waals surface area contributed by atoms with Crippen LogP contribution in [0.2, 0.25) is 0 Å². The van der Waals surface area contributed by atoms with E-state index in [0.29, 0.717) is 16.9 Å². The summed E-state index contributed by atoms with van der Waals surface area (Å²) in [5, 5.41) is 11.4. The SMILES string of the molecule is CCOC(=O)c1c(C)[nH]c(C)c1S(=O)(=O)NCC(=O)Nc1cccc(C#N)c1. The normalized spacial score (nSPS) is 10.9. The molecule has 0 bridgehead atoms. The molecule has 3 N–H and O–H groups in total. The molecule has 148 valence electrons. The zero-order valence-electron chi connectivity index (χ0n) is 15.6. The molecular weight excluding hydrogens is 384 g/mol. The van der Waals surface area contributed by atoms with Gasteiger partial charge in [0.2, 0.25) is 15.9 Å². The maximum absolute atomic E-state index is 12.7. The summed E-state index contributed by atoms with van der Waals surface area (Å²) in [7, 11) is -4.16. The van der Waals surface area contributed by atoms with Gasteiger partial charge in [0.1, 0.15) is 10.5 Å². The highest BCUT2D eigenvalue weighted by Gasteiger charge is 2.30. The number of sulfonamides is 1. The van der Waals surface area contributed by atoms with E-state index in [1.165, 1.54) is 13.0 Å². The number of ether oxygens (including phenoxy) is 1. The zero-order valence-corrected chi connectivity index (χ0v) is 16.4. The first-order valence-corrected chi connectivity index (χ1v) is 9.83. The number of hydrogen-bond donors (Lipinski definition) is 3. The Balaban J connectivity index is 2.17. The topological polar surface area (TPSA) is 141 Å². The zero-order chi connectivity index (χ0) is 20.9. The molecule has 10 heteroatoms. The van der Waals surface area contributed by atoms with Gasteiger partial charge in [-0.25, -0.2) is 17.9 Å². The molecule has 1 heterocycles. The summed E-state index contributed by atoms with van der Waals surface area (Å²) in [5.41, 5.74) is 1.25. The Morgan fingerprint density at radius 3 is 2.61 bits per heavy atom. The number of anilines is 1. The van der Waals surface area contributed by atoms with E-state index in [9.17, 15) is 18.0 Å². The van der Waals surface area contributed by atoms with Crippen LogP contribution in [-0.4, -0.2) is 38.4 Å². The summed E-state index contributed by atoms with van der Waals surface area (Å²) < 4.78 is 32.5. The molecule has 28 heavy (non-hydrogen) atoms. The maximum Gasteiger partial charge on any atom is 0.341 e. The molecule has 0 aliphatic rings. The van der Waals surface area contributed by atoms with Crippen molar-refractivity contribution in [2.45, 2.75) is 25.7 Å². The summed E-state index contributed by atoms with van der Waals surface area (Å²) in [6, 6.07) is 8.15. The molecule has 0 radical (unpaired) electrons. The van der Waals surface area contributed by atoms with E-state index in [1.54, 1.807) is 32.0 Å². The van der Waals surface area contributed by atoms with E-state index < -0.39 is 28.4 Å². The number of nitriles is 1. The highest BCUT2D eigenvalue weighted by atomic mass is 32.2. The lowest BCUT2D eigenvalue weighted by molar-refractivity contribution is -0.115. The van der Waals surface area contributed by atoms with E-state index in [2.05, 4.69) is 15.0 Å². The predicted octanol–water partition coefficient (Wildman–Crippen LogP) is 1.60. The van der Waals surface area contributed by atoms with Gasteiger partial charge in [0.05, 0.1) is 24.8 Å². The molecule has 1 aromatic carbocycles. The standard InChI is InChI=1S/C18H20N4O5S/c1-4-27-18(24)16-11(2)21-12(3)17(16)28(25,26)20-10-15(23)22-14-7-5-6-13(8-14)9-19/h5-8,20-21H,4,10H2,1-3H3,(H,22,23). The van der Waals surface area contributed by atoms with Gasteiger partial charge in [-0.1, -0.05) is 6.07 Å². The Labute approximate surface area is 162 Å². The molecule has 0 spiro atoms. The fourth-order valence-corrected chi connectivity index (χ4v) is 4.07. The number of aryl methyl sites for hydroxylation is 2. The van der Waals surface area contributed by atoms with Gasteiger partial charge < -0.3 is 15.0 Å². The van der Waals surface area contributed by atoms with Crippen LogP contribution in [0.15, 0.2) is 29.2 Å². The predicted molar refractivity (Wildman–Crippen MR) is 101 cm³/mol. The first-order chi connectivity index (χ1) is 13.2. The summed E-state index contributed by atoms with van der Waals surface area (Å²) >= 11 is 0. The smallest absolute Gasteiger partial charge is 0.341 e. The molecule has 1 amide bonds. The van der Waals surface area contributed by atoms with Crippen LogP contribution in [0.25, 0.3) is 0 Å². The third kappa shape index (κ3) is 4.76. The van der Waals surface area contributed by atoms with Crippen LogP contribution in [0.1, 0.15) is 34.2 Å². The van der Waals surface area contributed by atoms with E-state index in [0.717, 1.165) is 0 Å². The Bertz CT molecular complexity index is 1050. The lowest BCUT2D eigenvalue weighted by Crippen LogP contribution is -2.33. The Morgan fingerprint density at radius 2 is 1.96 bits per heavy atom. The fraction of sp³-hybridized carbons (Fsp3) is 0.278. The number of H-pyrrole nitrogens is 1. The second-order valence-corrected chi connectivity index (χ2v) is 7.57. The van der Waals surface area contributed by atoms with Gasteiger partial charge in [-0.3, -0.25) is 4.79 Å². The van der Waals surface area contributed by atoms with Gasteiger partial charge in [-0.05, 0) is 39.0 Å². The molecule has 0 fully saturated rings. The minimum Gasteiger partial charge on any atom is -0.462 e. The highest BCUT2D eigenvalue weighted by molar-refractivity contribution is 7.89. The molecule has 2 rings (SSSR count). The fourth-order valence-electron chi connectivity index (χ4n) is 2.65. The summed E-state index contributed by atoms with van der Waals surface area (Å²) in [6.07, 6.45) is 0. The van der Waals surface area contributed by atoms with Crippen molar-refractivity contribution in [3.63, 3.8) is 0 Å². The lowest BCUT2D eigenvalue weighted by atomic mass is 10.2. The number of nitrogens with zero attached hydrogens (tertiary/aromatic N) is 1. The van der Waals surface area contributed by atoms with Gasteiger partial charge >= 0.3 is 5.97 Å². The van der Waals surface area contributed by atoms with Gasteiger partial charge in [0, 0.05) is 17.1 Å². The maximum atomic E-state index is 12.7. The van der Waals surface area contributed by atoms with Crippen LogP contribution in [0.4, 0.5) is 5.69 Å². The van der Waals surface area contributed by atoms with Gasteiger partial charge in [-0.2, -0.15) is 5.26 Å². The average Bonchev–Trinajstić information content (AvgIpc) is 2.95. The van der Waals surface area contributed by atoms with Crippen molar-refractivity contribution in [3.05, 3.63) is 46.8 Å². The van der Waals surface area contributed by atoms with E-state index in [1.807, 2.05) is 6.07 Å².